The molecule has 1 aromatic rings. The second kappa shape index (κ2) is 7.06. The summed E-state index contributed by atoms with van der Waals surface area (Å²) in [4.78, 5) is 25.2. The van der Waals surface area contributed by atoms with Gasteiger partial charge in [0.15, 0.2) is 0 Å². The van der Waals surface area contributed by atoms with E-state index in [1.807, 2.05) is 11.9 Å². The lowest BCUT2D eigenvalue weighted by atomic mass is 10.2. The van der Waals surface area contributed by atoms with Crippen LogP contribution in [0.2, 0.25) is 0 Å². The molecule has 2 heterocycles. The highest BCUT2D eigenvalue weighted by atomic mass is 16.3. The van der Waals surface area contributed by atoms with Crippen LogP contribution in [0.5, 0.6) is 0 Å². The van der Waals surface area contributed by atoms with E-state index < -0.39 is 6.03 Å². The number of nitrogens with one attached hydrogen (secondary N) is 3. The predicted molar refractivity (Wildman–Crippen MR) is 73.0 cm³/mol. The number of nitrogens with zero attached hydrogens (tertiary/aromatic N) is 1. The molecule has 20 heavy (non-hydrogen) atoms. The van der Waals surface area contributed by atoms with Gasteiger partial charge in [0.2, 0.25) is 5.91 Å². The summed E-state index contributed by atoms with van der Waals surface area (Å²) in [6.45, 7) is 2.32. The van der Waals surface area contributed by atoms with Gasteiger partial charge >= 0.3 is 6.03 Å². The molecule has 0 saturated carbocycles. The van der Waals surface area contributed by atoms with Crippen molar-refractivity contribution in [3.05, 3.63) is 24.2 Å². The maximum absolute atomic E-state index is 11.7. The molecule has 2 rings (SSSR count). The topological polar surface area (TPSA) is 86.6 Å². The van der Waals surface area contributed by atoms with E-state index in [9.17, 15) is 9.59 Å². The average Bonchev–Trinajstić information content (AvgIpc) is 3.09. The van der Waals surface area contributed by atoms with E-state index in [4.69, 9.17) is 4.42 Å². The Labute approximate surface area is 117 Å². The number of hydrogen-bond acceptors (Lipinski definition) is 5. The number of carbonyl (C=O) groups excluding carboxylic acids is 2. The third-order valence-electron chi connectivity index (χ3n) is 3.31. The number of amides is 3. The molecule has 7 heteroatoms. The van der Waals surface area contributed by atoms with Crippen LogP contribution in [-0.4, -0.2) is 49.6 Å². The molecule has 0 aromatic carbocycles. The standard InChI is InChI=1S/C13H20N4O3/c1-17(10-4-5-14-7-10)9-12(18)16-13(19)15-8-11-3-2-6-20-11/h2-3,6,10,14H,4-5,7-9H2,1H3,(H2,15,16,18,19). The summed E-state index contributed by atoms with van der Waals surface area (Å²) >= 11 is 0. The fraction of sp³-hybridized carbons (Fsp3) is 0.538. The van der Waals surface area contributed by atoms with E-state index in [1.54, 1.807) is 12.1 Å². The Hall–Kier alpha value is -1.86. The molecular formula is C13H20N4O3. The summed E-state index contributed by atoms with van der Waals surface area (Å²) in [7, 11) is 1.89. The molecule has 0 radical (unpaired) electrons. The fourth-order valence-corrected chi connectivity index (χ4v) is 2.16. The first-order chi connectivity index (χ1) is 9.65. The number of rotatable bonds is 5. The van der Waals surface area contributed by atoms with Crippen molar-refractivity contribution in [1.82, 2.24) is 20.9 Å². The normalized spacial score (nSPS) is 18.2. The largest absolute Gasteiger partial charge is 0.467 e. The maximum atomic E-state index is 11.7. The molecule has 110 valence electrons. The van der Waals surface area contributed by atoms with Crippen molar-refractivity contribution in [2.45, 2.75) is 19.0 Å². The molecule has 0 spiro atoms. The van der Waals surface area contributed by atoms with Gasteiger partial charge in [-0.15, -0.1) is 0 Å². The van der Waals surface area contributed by atoms with Gasteiger partial charge in [-0.3, -0.25) is 15.0 Å². The Bertz CT molecular complexity index is 440. The Morgan fingerprint density at radius 3 is 3.05 bits per heavy atom. The summed E-state index contributed by atoms with van der Waals surface area (Å²) in [6, 6.07) is 3.34. The van der Waals surface area contributed by atoms with Gasteiger partial charge in [0.1, 0.15) is 5.76 Å². The van der Waals surface area contributed by atoms with Crippen LogP contribution in [-0.2, 0) is 11.3 Å². The number of likely N-dealkylation sites (N-methyl/N-ethyl adjacent to an activating group) is 1. The highest BCUT2D eigenvalue weighted by Gasteiger charge is 2.21. The predicted octanol–water partition coefficient (Wildman–Crippen LogP) is -0.101. The Balaban J connectivity index is 1.66. The van der Waals surface area contributed by atoms with Gasteiger partial charge in [0, 0.05) is 12.6 Å². The zero-order valence-electron chi connectivity index (χ0n) is 11.5. The van der Waals surface area contributed by atoms with Crippen LogP contribution >= 0.6 is 0 Å². The minimum atomic E-state index is -0.510. The second-order valence-electron chi connectivity index (χ2n) is 4.87. The maximum Gasteiger partial charge on any atom is 0.321 e. The monoisotopic (exact) mass is 280 g/mol. The van der Waals surface area contributed by atoms with Crippen LogP contribution in [0.25, 0.3) is 0 Å². The average molecular weight is 280 g/mol. The molecule has 1 saturated heterocycles. The van der Waals surface area contributed by atoms with E-state index in [0.29, 0.717) is 11.8 Å². The fourth-order valence-electron chi connectivity index (χ4n) is 2.16. The van der Waals surface area contributed by atoms with Gasteiger partial charge in [-0.05, 0) is 32.1 Å². The lowest BCUT2D eigenvalue weighted by molar-refractivity contribution is -0.121. The van der Waals surface area contributed by atoms with Gasteiger partial charge < -0.3 is 15.1 Å². The van der Waals surface area contributed by atoms with Crippen LogP contribution in [0.3, 0.4) is 0 Å². The summed E-state index contributed by atoms with van der Waals surface area (Å²) in [5, 5.41) is 8.11. The molecule has 3 amide bonds. The summed E-state index contributed by atoms with van der Waals surface area (Å²) < 4.78 is 5.08. The molecule has 0 aliphatic carbocycles. The van der Waals surface area contributed by atoms with Gasteiger partial charge in [-0.25, -0.2) is 4.79 Å². The molecule has 1 aliphatic heterocycles. The third-order valence-corrected chi connectivity index (χ3v) is 3.31. The molecular weight excluding hydrogens is 260 g/mol. The van der Waals surface area contributed by atoms with E-state index in [0.717, 1.165) is 19.5 Å². The van der Waals surface area contributed by atoms with Crippen LogP contribution in [0.4, 0.5) is 4.79 Å². The molecule has 1 fully saturated rings. The molecule has 1 aliphatic rings. The van der Waals surface area contributed by atoms with E-state index in [1.165, 1.54) is 6.26 Å². The van der Waals surface area contributed by atoms with Crippen molar-refractivity contribution in [2.75, 3.05) is 26.7 Å². The van der Waals surface area contributed by atoms with E-state index in [2.05, 4.69) is 16.0 Å². The number of urea groups is 1. The highest BCUT2D eigenvalue weighted by molar-refractivity contribution is 5.95. The van der Waals surface area contributed by atoms with Crippen molar-refractivity contribution in [3.8, 4) is 0 Å². The van der Waals surface area contributed by atoms with Gasteiger partial charge in [-0.2, -0.15) is 0 Å². The first-order valence-electron chi connectivity index (χ1n) is 6.66. The van der Waals surface area contributed by atoms with Crippen molar-refractivity contribution >= 4 is 11.9 Å². The lowest BCUT2D eigenvalue weighted by Crippen LogP contribution is -2.46. The molecule has 3 N–H and O–H groups in total. The Morgan fingerprint density at radius 2 is 2.40 bits per heavy atom. The van der Waals surface area contributed by atoms with Crippen LogP contribution in [0.15, 0.2) is 22.8 Å². The number of furan rings is 1. The van der Waals surface area contributed by atoms with Crippen molar-refractivity contribution < 1.29 is 14.0 Å². The van der Waals surface area contributed by atoms with Crippen molar-refractivity contribution in [2.24, 2.45) is 0 Å². The zero-order chi connectivity index (χ0) is 14.4. The van der Waals surface area contributed by atoms with Crippen molar-refractivity contribution in [3.63, 3.8) is 0 Å². The SMILES string of the molecule is CN(CC(=O)NC(=O)NCc1ccco1)C1CCNC1. The smallest absolute Gasteiger partial charge is 0.321 e. The van der Waals surface area contributed by atoms with Gasteiger partial charge in [0.25, 0.3) is 0 Å². The van der Waals surface area contributed by atoms with Crippen LogP contribution in [0.1, 0.15) is 12.2 Å². The van der Waals surface area contributed by atoms with E-state index in [-0.39, 0.29) is 19.0 Å². The minimum Gasteiger partial charge on any atom is -0.467 e. The Morgan fingerprint density at radius 1 is 1.55 bits per heavy atom. The van der Waals surface area contributed by atoms with Crippen molar-refractivity contribution in [1.29, 1.82) is 0 Å². The minimum absolute atomic E-state index is 0.209. The molecule has 1 aromatic heterocycles. The van der Waals surface area contributed by atoms with Gasteiger partial charge in [-0.1, -0.05) is 0 Å². The summed E-state index contributed by atoms with van der Waals surface area (Å²) in [5.41, 5.74) is 0. The molecule has 1 unspecified atom stereocenters. The lowest BCUT2D eigenvalue weighted by Gasteiger charge is -2.22. The number of hydrogen-bond donors (Lipinski definition) is 3. The molecule has 1 atom stereocenters. The Kier molecular flexibility index (Phi) is 5.14. The first-order valence-corrected chi connectivity index (χ1v) is 6.66. The molecule has 7 nitrogen and oxygen atoms in total. The first kappa shape index (κ1) is 14.5. The highest BCUT2D eigenvalue weighted by Crippen LogP contribution is 2.05. The van der Waals surface area contributed by atoms with Crippen LogP contribution in [0, 0.1) is 0 Å². The number of carbonyl (C=O) groups is 2. The van der Waals surface area contributed by atoms with Crippen LogP contribution < -0.4 is 16.0 Å². The molecule has 0 bridgehead atoms. The second-order valence-corrected chi connectivity index (χ2v) is 4.87. The summed E-state index contributed by atoms with van der Waals surface area (Å²) in [5.74, 6) is 0.332. The third kappa shape index (κ3) is 4.36. The van der Waals surface area contributed by atoms with Gasteiger partial charge in [0.05, 0.1) is 19.4 Å². The number of imide groups is 1. The summed E-state index contributed by atoms with van der Waals surface area (Å²) in [6.07, 6.45) is 2.55. The van der Waals surface area contributed by atoms with E-state index >= 15 is 0 Å². The zero-order valence-corrected chi connectivity index (χ0v) is 11.5. The quantitative estimate of drug-likeness (QED) is 0.701.